The minimum atomic E-state index is -0.709. The number of carbonyl (C=O) groups excluding carboxylic acids is 1. The van der Waals surface area contributed by atoms with E-state index in [4.69, 9.17) is 14.6 Å². The van der Waals surface area contributed by atoms with Crippen LogP contribution in [0.5, 0.6) is 0 Å². The Hall–Kier alpha value is -1.07. The van der Waals surface area contributed by atoms with Gasteiger partial charge in [0.25, 0.3) is 0 Å². The lowest BCUT2D eigenvalue weighted by atomic mass is 10.1. The molecule has 110 valence electrons. The molecule has 1 fully saturated rings. The summed E-state index contributed by atoms with van der Waals surface area (Å²) in [5.74, 6) is 0. The molecule has 5 nitrogen and oxygen atoms in total. The van der Waals surface area contributed by atoms with Gasteiger partial charge in [-0.2, -0.15) is 0 Å². The van der Waals surface area contributed by atoms with Crippen LogP contribution in [0.1, 0.15) is 41.5 Å². The Kier molecular flexibility index (Phi) is 4.63. The lowest BCUT2D eigenvalue weighted by molar-refractivity contribution is -0.0610. The molecule has 1 rings (SSSR count). The largest absolute Gasteiger partial charge is 0.444 e. The summed E-state index contributed by atoms with van der Waals surface area (Å²) < 4.78 is 11.1. The van der Waals surface area contributed by atoms with Crippen LogP contribution in [0, 0.1) is 0 Å². The first-order valence-electron chi connectivity index (χ1n) is 6.51. The first-order valence-corrected chi connectivity index (χ1v) is 6.51. The molecule has 5 heteroatoms. The lowest BCUT2D eigenvalue weighted by Crippen LogP contribution is -2.49. The predicted molar refractivity (Wildman–Crippen MR) is 72.7 cm³/mol. The van der Waals surface area contributed by atoms with Crippen molar-refractivity contribution in [2.75, 3.05) is 13.2 Å². The van der Waals surface area contributed by atoms with Crippen LogP contribution < -0.4 is 0 Å². The zero-order valence-corrected chi connectivity index (χ0v) is 12.7. The normalized spacial score (nSPS) is 23.6. The highest BCUT2D eigenvalue weighted by atomic mass is 16.6. The number of amides is 1. The summed E-state index contributed by atoms with van der Waals surface area (Å²) in [7, 11) is 0. The van der Waals surface area contributed by atoms with Gasteiger partial charge in [-0.1, -0.05) is 6.08 Å². The summed E-state index contributed by atoms with van der Waals surface area (Å²) in [5.41, 5.74) is -0.449. The van der Waals surface area contributed by atoms with Crippen molar-refractivity contribution in [3.05, 3.63) is 11.6 Å². The Morgan fingerprint density at radius 1 is 1.53 bits per heavy atom. The Morgan fingerprint density at radius 3 is 2.58 bits per heavy atom. The third-order valence-electron chi connectivity index (χ3n) is 2.84. The fourth-order valence-electron chi connectivity index (χ4n) is 2.00. The van der Waals surface area contributed by atoms with E-state index in [1.807, 2.05) is 47.6 Å². The zero-order valence-electron chi connectivity index (χ0n) is 12.7. The average Bonchev–Trinajstić information content (AvgIpc) is 2.51. The number of carbonyl (C=O) groups is 1. The van der Waals surface area contributed by atoms with Gasteiger partial charge in [0.05, 0.1) is 19.3 Å². The molecule has 0 radical (unpaired) electrons. The summed E-state index contributed by atoms with van der Waals surface area (Å²) in [6.07, 6.45) is 1.44. The van der Waals surface area contributed by atoms with Crippen molar-refractivity contribution in [2.24, 2.45) is 0 Å². The number of hydrogen-bond acceptors (Lipinski definition) is 4. The Labute approximate surface area is 115 Å². The molecule has 1 saturated heterocycles. The van der Waals surface area contributed by atoms with Crippen LogP contribution in [-0.2, 0) is 9.47 Å². The number of hydrogen-bond donors (Lipinski definition) is 1. The number of ether oxygens (including phenoxy) is 2. The van der Waals surface area contributed by atoms with Gasteiger partial charge in [-0.3, -0.25) is 4.90 Å². The smallest absolute Gasteiger partial charge is 0.413 e. The number of aliphatic hydroxyl groups is 1. The zero-order chi connectivity index (χ0) is 14.8. The molecule has 0 aromatic carbocycles. The van der Waals surface area contributed by atoms with E-state index in [9.17, 15) is 4.79 Å². The van der Waals surface area contributed by atoms with E-state index in [1.165, 1.54) is 0 Å². The number of rotatable bonds is 2. The van der Waals surface area contributed by atoms with Crippen molar-refractivity contribution in [3.63, 3.8) is 0 Å². The molecule has 1 atom stereocenters. The third-order valence-corrected chi connectivity index (χ3v) is 2.84. The summed E-state index contributed by atoms with van der Waals surface area (Å²) in [5, 5.41) is 9.09. The molecule has 0 spiro atoms. The van der Waals surface area contributed by atoms with Crippen molar-refractivity contribution in [3.8, 4) is 0 Å². The van der Waals surface area contributed by atoms with Crippen LogP contribution in [0.25, 0.3) is 0 Å². The van der Waals surface area contributed by atoms with E-state index < -0.39 is 17.4 Å². The topological polar surface area (TPSA) is 59.0 Å². The summed E-state index contributed by atoms with van der Waals surface area (Å²) >= 11 is 0. The van der Waals surface area contributed by atoms with Crippen molar-refractivity contribution >= 4 is 6.09 Å². The second kappa shape index (κ2) is 5.51. The third kappa shape index (κ3) is 4.21. The molecule has 0 aliphatic carbocycles. The van der Waals surface area contributed by atoms with E-state index >= 15 is 0 Å². The van der Waals surface area contributed by atoms with Crippen LogP contribution in [0.2, 0.25) is 0 Å². The van der Waals surface area contributed by atoms with E-state index in [-0.39, 0.29) is 12.6 Å². The van der Waals surface area contributed by atoms with Gasteiger partial charge in [-0.25, -0.2) is 4.79 Å². The van der Waals surface area contributed by atoms with Crippen LogP contribution in [0.4, 0.5) is 4.79 Å². The molecule has 1 aliphatic rings. The maximum absolute atomic E-state index is 12.3. The van der Waals surface area contributed by atoms with Gasteiger partial charge in [-0.15, -0.1) is 0 Å². The SMILES string of the molecule is C/C(=C/[C@@H]1COC(C)(C)N1C(=O)OC(C)(C)C)CO. The van der Waals surface area contributed by atoms with Gasteiger partial charge < -0.3 is 14.6 Å². The van der Waals surface area contributed by atoms with Gasteiger partial charge in [0, 0.05) is 0 Å². The Bertz CT molecular complexity index is 368. The highest BCUT2D eigenvalue weighted by Gasteiger charge is 2.44. The van der Waals surface area contributed by atoms with Gasteiger partial charge in [0.15, 0.2) is 0 Å². The monoisotopic (exact) mass is 271 g/mol. The minimum Gasteiger partial charge on any atom is -0.444 e. The molecule has 0 aromatic heterocycles. The van der Waals surface area contributed by atoms with Crippen LogP contribution in [0.15, 0.2) is 11.6 Å². The van der Waals surface area contributed by atoms with Gasteiger partial charge >= 0.3 is 6.09 Å². The number of aliphatic hydroxyl groups excluding tert-OH is 1. The second-order valence-corrected chi connectivity index (χ2v) is 6.35. The van der Waals surface area contributed by atoms with Crippen LogP contribution in [0.3, 0.4) is 0 Å². The summed E-state index contributed by atoms with van der Waals surface area (Å²) in [6, 6.07) is -0.211. The van der Waals surface area contributed by atoms with Gasteiger partial charge in [0.1, 0.15) is 11.3 Å². The molecule has 0 aromatic rings. The van der Waals surface area contributed by atoms with E-state index in [2.05, 4.69) is 0 Å². The highest BCUT2D eigenvalue weighted by molar-refractivity contribution is 5.70. The fourth-order valence-corrected chi connectivity index (χ4v) is 2.00. The molecule has 0 bridgehead atoms. The molecule has 1 aliphatic heterocycles. The Balaban J connectivity index is 2.93. The molecule has 1 amide bonds. The first kappa shape index (κ1) is 16.0. The summed E-state index contributed by atoms with van der Waals surface area (Å²) in [4.78, 5) is 13.9. The molecule has 0 unspecified atom stereocenters. The first-order chi connectivity index (χ1) is 8.57. The molecule has 1 N–H and O–H groups in total. The molecule has 0 saturated carbocycles. The quantitative estimate of drug-likeness (QED) is 0.783. The van der Waals surface area contributed by atoms with Crippen LogP contribution in [-0.4, -0.2) is 46.7 Å². The predicted octanol–water partition coefficient (Wildman–Crippen LogP) is 2.30. The Morgan fingerprint density at radius 2 is 2.11 bits per heavy atom. The van der Waals surface area contributed by atoms with Gasteiger partial charge in [0.2, 0.25) is 0 Å². The standard InChI is InChI=1S/C14H25NO4/c1-10(8-16)7-11-9-18-14(5,6)15(11)12(17)19-13(2,3)4/h7,11,16H,8-9H2,1-6H3/b10-7-/t11-/m1/s1. The molecular weight excluding hydrogens is 246 g/mol. The van der Waals surface area contributed by atoms with Crippen molar-refractivity contribution < 1.29 is 19.4 Å². The molecular formula is C14H25NO4. The van der Waals surface area contributed by atoms with E-state index in [0.717, 1.165) is 5.57 Å². The minimum absolute atomic E-state index is 0.0287. The second-order valence-electron chi connectivity index (χ2n) is 6.35. The molecule has 19 heavy (non-hydrogen) atoms. The van der Waals surface area contributed by atoms with Crippen molar-refractivity contribution in [1.29, 1.82) is 0 Å². The average molecular weight is 271 g/mol. The van der Waals surface area contributed by atoms with E-state index in [0.29, 0.717) is 6.61 Å². The van der Waals surface area contributed by atoms with Crippen molar-refractivity contribution in [2.45, 2.75) is 58.9 Å². The van der Waals surface area contributed by atoms with E-state index in [1.54, 1.807) is 4.90 Å². The number of nitrogens with zero attached hydrogens (tertiary/aromatic N) is 1. The molecule has 1 heterocycles. The fraction of sp³-hybridized carbons (Fsp3) is 0.786. The van der Waals surface area contributed by atoms with Crippen molar-refractivity contribution in [1.82, 2.24) is 4.90 Å². The lowest BCUT2D eigenvalue weighted by Gasteiger charge is -2.34. The summed E-state index contributed by atoms with van der Waals surface area (Å²) in [6.45, 7) is 11.4. The maximum Gasteiger partial charge on any atom is 0.413 e. The van der Waals surface area contributed by atoms with Crippen LogP contribution >= 0.6 is 0 Å². The van der Waals surface area contributed by atoms with Gasteiger partial charge in [-0.05, 0) is 47.1 Å². The highest BCUT2D eigenvalue weighted by Crippen LogP contribution is 2.30. The maximum atomic E-state index is 12.3.